The Balaban J connectivity index is 1.38. The number of allylic oxidation sites excluding steroid dienone is 2. The largest absolute Gasteiger partial charge is 0.481 e. The third-order valence-corrected chi connectivity index (χ3v) is 6.75. The van der Waals surface area contributed by atoms with Gasteiger partial charge in [-0.15, -0.1) is 0 Å². The molecule has 2 bridgehead atoms. The number of hydrogen-bond acceptors (Lipinski definition) is 3. The van der Waals surface area contributed by atoms with Crippen molar-refractivity contribution in [3.63, 3.8) is 0 Å². The van der Waals surface area contributed by atoms with Crippen molar-refractivity contribution < 1.29 is 14.7 Å². The van der Waals surface area contributed by atoms with E-state index in [1.165, 1.54) is 32.1 Å². The van der Waals surface area contributed by atoms with Gasteiger partial charge in [-0.2, -0.15) is 0 Å². The van der Waals surface area contributed by atoms with E-state index >= 15 is 0 Å². The molecule has 1 N–H and O–H groups in total. The van der Waals surface area contributed by atoms with Crippen LogP contribution >= 0.6 is 0 Å². The molecule has 132 valence electrons. The van der Waals surface area contributed by atoms with Gasteiger partial charge in [-0.3, -0.25) is 14.5 Å². The lowest BCUT2D eigenvalue weighted by Gasteiger charge is -2.42. The summed E-state index contributed by atoms with van der Waals surface area (Å²) in [4.78, 5) is 29.1. The van der Waals surface area contributed by atoms with E-state index in [0.717, 1.165) is 32.6 Å². The number of carboxylic acid groups (broad SMARTS) is 1. The minimum atomic E-state index is -0.800. The normalized spacial score (nSPS) is 37.1. The summed E-state index contributed by atoms with van der Waals surface area (Å²) in [6, 6.07) is 0.702. The van der Waals surface area contributed by atoms with E-state index < -0.39 is 11.9 Å². The van der Waals surface area contributed by atoms with Crippen LogP contribution in [0.15, 0.2) is 12.2 Å². The molecule has 5 heteroatoms. The van der Waals surface area contributed by atoms with Gasteiger partial charge in [0.2, 0.25) is 5.91 Å². The first-order valence-electron chi connectivity index (χ1n) is 9.59. The SMILES string of the molecule is O=C(O)[C@H]1[C@@H](C(=O)N2CCN(C3CCCCC3)CC2)[C@H]2C=C[C@H]1C2. The Morgan fingerprint density at radius 1 is 0.875 bits per heavy atom. The van der Waals surface area contributed by atoms with Gasteiger partial charge in [-0.05, 0) is 31.1 Å². The molecule has 0 aromatic heterocycles. The van der Waals surface area contributed by atoms with Crippen molar-refractivity contribution in [2.24, 2.45) is 23.7 Å². The number of carbonyl (C=O) groups excluding carboxylic acids is 1. The van der Waals surface area contributed by atoms with E-state index in [1.54, 1.807) is 0 Å². The first-order chi connectivity index (χ1) is 11.6. The highest BCUT2D eigenvalue weighted by molar-refractivity contribution is 5.87. The van der Waals surface area contributed by atoms with Crippen LogP contribution in [0.3, 0.4) is 0 Å². The van der Waals surface area contributed by atoms with Gasteiger partial charge in [0.25, 0.3) is 0 Å². The van der Waals surface area contributed by atoms with Crippen molar-refractivity contribution in [1.29, 1.82) is 0 Å². The van der Waals surface area contributed by atoms with E-state index in [9.17, 15) is 14.7 Å². The van der Waals surface area contributed by atoms with E-state index in [-0.39, 0.29) is 23.7 Å². The van der Waals surface area contributed by atoms with E-state index in [0.29, 0.717) is 6.04 Å². The van der Waals surface area contributed by atoms with Gasteiger partial charge in [0.05, 0.1) is 11.8 Å². The maximum absolute atomic E-state index is 13.0. The lowest BCUT2D eigenvalue weighted by atomic mass is 9.82. The molecule has 0 unspecified atom stereocenters. The number of aliphatic carboxylic acids is 1. The molecule has 0 aromatic rings. The summed E-state index contributed by atoms with van der Waals surface area (Å²) < 4.78 is 0. The van der Waals surface area contributed by atoms with Gasteiger partial charge in [0, 0.05) is 32.2 Å². The summed E-state index contributed by atoms with van der Waals surface area (Å²) in [7, 11) is 0. The molecule has 1 saturated heterocycles. The summed E-state index contributed by atoms with van der Waals surface area (Å²) in [5, 5.41) is 9.55. The first-order valence-corrected chi connectivity index (χ1v) is 9.59. The molecule has 1 heterocycles. The Morgan fingerprint density at radius 3 is 2.12 bits per heavy atom. The zero-order valence-electron chi connectivity index (χ0n) is 14.3. The highest BCUT2D eigenvalue weighted by Gasteiger charge is 2.52. The fourth-order valence-corrected chi connectivity index (χ4v) is 5.46. The molecule has 1 amide bonds. The van der Waals surface area contributed by atoms with Crippen molar-refractivity contribution in [2.45, 2.75) is 44.6 Å². The van der Waals surface area contributed by atoms with Crippen LogP contribution in [0.4, 0.5) is 0 Å². The molecule has 4 aliphatic rings. The maximum Gasteiger partial charge on any atom is 0.307 e. The molecule has 4 atom stereocenters. The number of fused-ring (bicyclic) bond motifs is 2. The van der Waals surface area contributed by atoms with Crippen molar-refractivity contribution in [1.82, 2.24) is 9.80 Å². The highest BCUT2D eigenvalue weighted by atomic mass is 16.4. The fraction of sp³-hybridized carbons (Fsp3) is 0.789. The average Bonchev–Trinajstić information content (AvgIpc) is 3.23. The number of carboxylic acids is 1. The average molecular weight is 332 g/mol. The van der Waals surface area contributed by atoms with Gasteiger partial charge < -0.3 is 10.0 Å². The van der Waals surface area contributed by atoms with Crippen molar-refractivity contribution in [2.75, 3.05) is 26.2 Å². The van der Waals surface area contributed by atoms with Gasteiger partial charge >= 0.3 is 5.97 Å². The topological polar surface area (TPSA) is 60.9 Å². The van der Waals surface area contributed by atoms with Crippen LogP contribution in [0.1, 0.15) is 38.5 Å². The molecule has 0 radical (unpaired) electrons. The molecule has 4 rings (SSSR count). The summed E-state index contributed by atoms with van der Waals surface area (Å²) in [5.74, 6) is -1.36. The van der Waals surface area contributed by atoms with Crippen LogP contribution in [-0.2, 0) is 9.59 Å². The fourth-order valence-electron chi connectivity index (χ4n) is 5.46. The molecular formula is C19H28N2O3. The molecule has 0 aromatic carbocycles. The Morgan fingerprint density at radius 2 is 1.50 bits per heavy atom. The third-order valence-electron chi connectivity index (χ3n) is 6.75. The number of piperazine rings is 1. The van der Waals surface area contributed by atoms with Crippen LogP contribution in [0.25, 0.3) is 0 Å². The molecule has 5 nitrogen and oxygen atoms in total. The van der Waals surface area contributed by atoms with Crippen molar-refractivity contribution in [3.05, 3.63) is 12.2 Å². The first kappa shape index (κ1) is 16.1. The number of carbonyl (C=O) groups is 2. The number of rotatable bonds is 3. The lowest BCUT2D eigenvalue weighted by Crippen LogP contribution is -2.54. The summed E-state index contributed by atoms with van der Waals surface area (Å²) >= 11 is 0. The summed E-state index contributed by atoms with van der Waals surface area (Å²) in [5.41, 5.74) is 0. The van der Waals surface area contributed by atoms with Crippen molar-refractivity contribution >= 4 is 11.9 Å². The minimum absolute atomic E-state index is 0.0602. The second-order valence-electron chi connectivity index (χ2n) is 7.99. The predicted octanol–water partition coefficient (Wildman–Crippen LogP) is 1.99. The van der Waals surface area contributed by atoms with Crippen molar-refractivity contribution in [3.8, 4) is 0 Å². The number of amides is 1. The highest BCUT2D eigenvalue weighted by Crippen LogP contribution is 2.48. The quantitative estimate of drug-likeness (QED) is 0.803. The minimum Gasteiger partial charge on any atom is -0.481 e. The Kier molecular flexibility index (Phi) is 4.37. The Labute approximate surface area is 143 Å². The van der Waals surface area contributed by atoms with E-state index in [2.05, 4.69) is 11.0 Å². The number of nitrogens with zero attached hydrogens (tertiary/aromatic N) is 2. The Bertz CT molecular complexity index is 533. The van der Waals surface area contributed by atoms with E-state index in [4.69, 9.17) is 0 Å². The van der Waals surface area contributed by atoms with Crippen LogP contribution in [-0.4, -0.2) is 59.0 Å². The van der Waals surface area contributed by atoms with Gasteiger partial charge in [-0.1, -0.05) is 31.4 Å². The summed E-state index contributed by atoms with van der Waals surface area (Å²) in [6.07, 6.45) is 11.6. The van der Waals surface area contributed by atoms with Crippen LogP contribution in [0.2, 0.25) is 0 Å². The lowest BCUT2D eigenvalue weighted by molar-refractivity contribution is -0.151. The summed E-state index contributed by atoms with van der Waals surface area (Å²) in [6.45, 7) is 3.42. The van der Waals surface area contributed by atoms with Crippen LogP contribution in [0, 0.1) is 23.7 Å². The van der Waals surface area contributed by atoms with E-state index in [1.807, 2.05) is 11.0 Å². The second kappa shape index (κ2) is 6.51. The predicted molar refractivity (Wildman–Crippen MR) is 90.4 cm³/mol. The van der Waals surface area contributed by atoms with Gasteiger partial charge in [0.15, 0.2) is 0 Å². The van der Waals surface area contributed by atoms with Gasteiger partial charge in [0.1, 0.15) is 0 Å². The zero-order chi connectivity index (χ0) is 16.7. The standard InChI is InChI=1S/C19H28N2O3/c22-18(16-13-6-7-14(12-13)17(16)19(23)24)21-10-8-20(9-11-21)15-4-2-1-3-5-15/h6-7,13-17H,1-5,8-12H2,(H,23,24)/t13-,14-,16-,17+/m0/s1. The molecule has 3 fully saturated rings. The smallest absolute Gasteiger partial charge is 0.307 e. The zero-order valence-corrected chi connectivity index (χ0v) is 14.3. The Hall–Kier alpha value is -1.36. The second-order valence-corrected chi connectivity index (χ2v) is 7.99. The molecule has 3 aliphatic carbocycles. The maximum atomic E-state index is 13.0. The molecule has 2 saturated carbocycles. The molecular weight excluding hydrogens is 304 g/mol. The number of hydrogen-bond donors (Lipinski definition) is 1. The van der Waals surface area contributed by atoms with Gasteiger partial charge in [-0.25, -0.2) is 0 Å². The molecule has 1 aliphatic heterocycles. The molecule has 0 spiro atoms. The third kappa shape index (κ3) is 2.77. The molecule has 24 heavy (non-hydrogen) atoms. The monoisotopic (exact) mass is 332 g/mol. The van der Waals surface area contributed by atoms with Crippen LogP contribution < -0.4 is 0 Å². The van der Waals surface area contributed by atoms with Crippen LogP contribution in [0.5, 0.6) is 0 Å².